The summed E-state index contributed by atoms with van der Waals surface area (Å²) < 4.78 is 5.89. The minimum atomic E-state index is -0.808. The summed E-state index contributed by atoms with van der Waals surface area (Å²) in [7, 11) is 0. The van der Waals surface area contributed by atoms with Crippen molar-refractivity contribution in [1.82, 2.24) is 5.32 Å². The van der Waals surface area contributed by atoms with Crippen LogP contribution in [0.5, 0.6) is 0 Å². The Morgan fingerprint density at radius 1 is 0.517 bits per heavy atom. The maximum Gasteiger partial charge on any atom is 0.306 e. The highest BCUT2D eigenvalue weighted by atomic mass is 16.5. The first-order valence-electron chi connectivity index (χ1n) is 24.5. The Labute approximate surface area is 369 Å². The number of nitrogens with one attached hydrogen (secondary N) is 1. The highest BCUT2D eigenvalue weighted by molar-refractivity contribution is 5.77. The van der Waals surface area contributed by atoms with Crippen molar-refractivity contribution in [2.24, 2.45) is 0 Å². The van der Waals surface area contributed by atoms with Gasteiger partial charge in [-0.05, 0) is 83.5 Å². The molecule has 0 spiro atoms. The monoisotopic (exact) mass is 834 g/mol. The number of carbonyl (C=O) groups excluding carboxylic acids is 2. The van der Waals surface area contributed by atoms with Crippen LogP contribution in [0.15, 0.2) is 97.2 Å². The highest BCUT2D eigenvalue weighted by Crippen LogP contribution is 2.16. The zero-order chi connectivity index (χ0) is 43.8. The first-order valence-corrected chi connectivity index (χ1v) is 24.5. The number of unbranched alkanes of at least 4 members (excludes halogenated alkanes) is 16. The van der Waals surface area contributed by atoms with Crippen molar-refractivity contribution in [3.63, 3.8) is 0 Å². The first kappa shape index (κ1) is 56.8. The average molecular weight is 834 g/mol. The lowest BCUT2D eigenvalue weighted by atomic mass is 10.0. The van der Waals surface area contributed by atoms with Crippen LogP contribution in [0.2, 0.25) is 0 Å². The van der Waals surface area contributed by atoms with Gasteiger partial charge in [0, 0.05) is 6.42 Å². The number of hydrogen-bond donors (Lipinski definition) is 3. The molecule has 0 fully saturated rings. The summed E-state index contributed by atoms with van der Waals surface area (Å²) >= 11 is 0. The SMILES string of the molecule is CC/C=C\C/C=C\C/C=C\C/C=C\C/C=C\CCCC(CC(=O)NC(CO)C(O)CCCCCCCCCCC)OC(=O)CCCCCCCCC/C=C/C=C/C=C/CC. The Bertz CT molecular complexity index is 1210. The van der Waals surface area contributed by atoms with E-state index in [-0.39, 0.29) is 24.9 Å². The Hall–Kier alpha value is -3.22. The number of ether oxygens (including phenoxy) is 1. The van der Waals surface area contributed by atoms with Crippen LogP contribution in [0, 0.1) is 0 Å². The van der Waals surface area contributed by atoms with Crippen molar-refractivity contribution < 1.29 is 24.5 Å². The van der Waals surface area contributed by atoms with E-state index in [0.29, 0.717) is 19.3 Å². The highest BCUT2D eigenvalue weighted by Gasteiger charge is 2.24. The molecule has 0 saturated heterocycles. The lowest BCUT2D eigenvalue weighted by Gasteiger charge is -2.24. The van der Waals surface area contributed by atoms with Crippen molar-refractivity contribution in [3.8, 4) is 0 Å². The van der Waals surface area contributed by atoms with Gasteiger partial charge in [0.1, 0.15) is 6.10 Å². The number of aliphatic hydroxyl groups excluding tert-OH is 2. The summed E-state index contributed by atoms with van der Waals surface area (Å²) in [4.78, 5) is 26.1. The van der Waals surface area contributed by atoms with Gasteiger partial charge in [0.05, 0.1) is 25.2 Å². The van der Waals surface area contributed by atoms with Crippen LogP contribution in [0.3, 0.4) is 0 Å². The fourth-order valence-electron chi connectivity index (χ4n) is 6.81. The number of aliphatic hydroxyl groups is 2. The van der Waals surface area contributed by atoms with E-state index in [2.05, 4.69) is 123 Å². The van der Waals surface area contributed by atoms with Gasteiger partial charge in [0.25, 0.3) is 0 Å². The molecule has 0 rings (SSSR count). The molecule has 0 bridgehead atoms. The summed E-state index contributed by atoms with van der Waals surface area (Å²) in [5, 5.41) is 23.6. The number of esters is 1. The molecule has 0 heterocycles. The second-order valence-corrected chi connectivity index (χ2v) is 16.2. The molecular formula is C54H91NO5. The summed E-state index contributed by atoms with van der Waals surface area (Å²) in [5.41, 5.74) is 0. The first-order chi connectivity index (χ1) is 29.5. The third kappa shape index (κ3) is 41.5. The molecule has 0 aromatic rings. The van der Waals surface area contributed by atoms with E-state index in [1.807, 2.05) is 0 Å². The van der Waals surface area contributed by atoms with E-state index in [0.717, 1.165) is 96.3 Å². The van der Waals surface area contributed by atoms with Gasteiger partial charge in [-0.3, -0.25) is 9.59 Å². The Morgan fingerprint density at radius 2 is 1.00 bits per heavy atom. The smallest absolute Gasteiger partial charge is 0.306 e. The summed E-state index contributed by atoms with van der Waals surface area (Å²) in [5.74, 6) is -0.554. The van der Waals surface area contributed by atoms with Crippen LogP contribution < -0.4 is 5.32 Å². The predicted molar refractivity (Wildman–Crippen MR) is 259 cm³/mol. The molecule has 0 aliphatic rings. The second-order valence-electron chi connectivity index (χ2n) is 16.2. The number of hydrogen-bond acceptors (Lipinski definition) is 5. The maximum absolute atomic E-state index is 13.2. The van der Waals surface area contributed by atoms with Crippen molar-refractivity contribution in [3.05, 3.63) is 97.2 Å². The lowest BCUT2D eigenvalue weighted by molar-refractivity contribution is -0.151. The Kier molecular flexibility index (Phi) is 44.3. The van der Waals surface area contributed by atoms with Crippen LogP contribution in [-0.2, 0) is 14.3 Å². The van der Waals surface area contributed by atoms with Crippen LogP contribution in [-0.4, -0.2) is 46.9 Å². The largest absolute Gasteiger partial charge is 0.462 e. The molecular weight excluding hydrogens is 743 g/mol. The topological polar surface area (TPSA) is 95.9 Å². The van der Waals surface area contributed by atoms with E-state index in [4.69, 9.17) is 4.74 Å². The van der Waals surface area contributed by atoms with Gasteiger partial charge >= 0.3 is 5.97 Å². The molecule has 3 unspecified atom stereocenters. The van der Waals surface area contributed by atoms with E-state index in [9.17, 15) is 19.8 Å². The Balaban J connectivity index is 4.75. The molecule has 1 amide bonds. The van der Waals surface area contributed by atoms with Crippen molar-refractivity contribution in [2.75, 3.05) is 6.61 Å². The summed E-state index contributed by atoms with van der Waals surface area (Å²) in [6.45, 7) is 6.19. The van der Waals surface area contributed by atoms with Gasteiger partial charge in [-0.1, -0.05) is 208 Å². The minimum Gasteiger partial charge on any atom is -0.462 e. The van der Waals surface area contributed by atoms with Gasteiger partial charge in [-0.2, -0.15) is 0 Å². The van der Waals surface area contributed by atoms with E-state index < -0.39 is 18.2 Å². The molecule has 0 aliphatic heterocycles. The normalized spacial score (nSPS) is 14.2. The molecule has 0 aromatic heterocycles. The van der Waals surface area contributed by atoms with Crippen molar-refractivity contribution >= 4 is 11.9 Å². The van der Waals surface area contributed by atoms with Gasteiger partial charge in [0.15, 0.2) is 0 Å². The molecule has 0 saturated carbocycles. The molecule has 342 valence electrons. The van der Waals surface area contributed by atoms with Crippen LogP contribution >= 0.6 is 0 Å². The minimum absolute atomic E-state index is 0.0278. The fraction of sp³-hybridized carbons (Fsp3) is 0.667. The van der Waals surface area contributed by atoms with Gasteiger partial charge < -0.3 is 20.3 Å². The predicted octanol–water partition coefficient (Wildman–Crippen LogP) is 14.6. The van der Waals surface area contributed by atoms with Gasteiger partial charge in [-0.15, -0.1) is 0 Å². The molecule has 0 aliphatic carbocycles. The quantitative estimate of drug-likeness (QED) is 0.0246. The zero-order valence-electron chi connectivity index (χ0n) is 38.8. The average Bonchev–Trinajstić information content (AvgIpc) is 3.24. The number of allylic oxidation sites excluding steroid dienone is 16. The van der Waals surface area contributed by atoms with E-state index in [1.54, 1.807) is 0 Å². The molecule has 3 atom stereocenters. The fourth-order valence-corrected chi connectivity index (χ4v) is 6.81. The maximum atomic E-state index is 13.2. The van der Waals surface area contributed by atoms with Crippen LogP contribution in [0.4, 0.5) is 0 Å². The van der Waals surface area contributed by atoms with E-state index in [1.165, 1.54) is 64.2 Å². The van der Waals surface area contributed by atoms with Crippen LogP contribution in [0.1, 0.15) is 207 Å². The van der Waals surface area contributed by atoms with Crippen molar-refractivity contribution in [2.45, 2.75) is 225 Å². The number of carbonyl (C=O) groups is 2. The number of amides is 1. The molecule has 0 radical (unpaired) electrons. The van der Waals surface area contributed by atoms with Gasteiger partial charge in [0.2, 0.25) is 5.91 Å². The Morgan fingerprint density at radius 3 is 1.57 bits per heavy atom. The third-order valence-corrected chi connectivity index (χ3v) is 10.5. The van der Waals surface area contributed by atoms with Gasteiger partial charge in [-0.25, -0.2) is 0 Å². The standard InChI is InChI=1S/C54H91NO5/c1-4-7-10-13-16-19-21-23-25-26-28-29-31-34-36-39-42-45-50(48-53(58)55-51(49-56)52(57)46-43-40-37-33-18-15-12-9-6-3)60-54(59)47-44-41-38-35-32-30-27-24-22-20-17-14-11-8-5-2/h7-8,10-11,14,16-17,19-20,22-23,25,28-29,34,36,50-52,56-57H,4-6,9,12-13,15,18,21,24,26-27,30-33,35,37-49H2,1-3H3,(H,55,58)/b10-7-,11-8+,17-14+,19-16-,22-20+,25-23-,29-28-,36-34-. The van der Waals surface area contributed by atoms with E-state index >= 15 is 0 Å². The lowest BCUT2D eigenvalue weighted by Crippen LogP contribution is -2.46. The molecule has 0 aromatic carbocycles. The molecule has 3 N–H and O–H groups in total. The summed E-state index contributed by atoms with van der Waals surface area (Å²) in [6, 6.07) is -0.726. The zero-order valence-corrected chi connectivity index (χ0v) is 38.8. The third-order valence-electron chi connectivity index (χ3n) is 10.5. The molecule has 6 nitrogen and oxygen atoms in total. The molecule has 6 heteroatoms. The van der Waals surface area contributed by atoms with Crippen LogP contribution in [0.25, 0.3) is 0 Å². The van der Waals surface area contributed by atoms with Crippen molar-refractivity contribution in [1.29, 1.82) is 0 Å². The summed E-state index contributed by atoms with van der Waals surface area (Å²) in [6.07, 6.45) is 61.8. The number of rotatable bonds is 42. The second kappa shape index (κ2) is 46.8. The molecule has 60 heavy (non-hydrogen) atoms.